The Bertz CT molecular complexity index is 746. The molecule has 1 fully saturated rings. The third-order valence-corrected chi connectivity index (χ3v) is 4.07. The first-order chi connectivity index (χ1) is 12.7. The summed E-state index contributed by atoms with van der Waals surface area (Å²) in [7, 11) is 0. The van der Waals surface area contributed by atoms with E-state index in [0.717, 1.165) is 17.0 Å². The third-order valence-electron chi connectivity index (χ3n) is 4.07. The van der Waals surface area contributed by atoms with Crippen LogP contribution in [-0.4, -0.2) is 37.8 Å². The van der Waals surface area contributed by atoms with E-state index >= 15 is 0 Å². The van der Waals surface area contributed by atoms with Crippen molar-refractivity contribution in [3.8, 4) is 5.75 Å². The molecule has 0 radical (unpaired) electrons. The molecule has 2 aromatic carbocycles. The van der Waals surface area contributed by atoms with Crippen LogP contribution in [0.5, 0.6) is 5.75 Å². The van der Waals surface area contributed by atoms with Gasteiger partial charge in [-0.1, -0.05) is 30.3 Å². The van der Waals surface area contributed by atoms with Crippen molar-refractivity contribution in [2.24, 2.45) is 0 Å². The molecule has 0 aromatic heterocycles. The summed E-state index contributed by atoms with van der Waals surface area (Å²) in [4.78, 5) is 25.7. The van der Waals surface area contributed by atoms with Gasteiger partial charge in [-0.3, -0.25) is 9.69 Å². The number of hydrogen-bond acceptors (Lipinski definition) is 4. The van der Waals surface area contributed by atoms with Gasteiger partial charge in [0.25, 0.3) is 0 Å². The summed E-state index contributed by atoms with van der Waals surface area (Å²) in [6.45, 7) is 3.26. The normalized spacial score (nSPS) is 16.3. The molecule has 1 aliphatic rings. The lowest BCUT2D eigenvalue weighted by Gasteiger charge is -2.12. The summed E-state index contributed by atoms with van der Waals surface area (Å²) >= 11 is 0. The van der Waals surface area contributed by atoms with Gasteiger partial charge in [-0.25, -0.2) is 4.79 Å². The maximum absolute atomic E-state index is 12.1. The minimum Gasteiger partial charge on any atom is -0.494 e. The van der Waals surface area contributed by atoms with Crippen LogP contribution in [0.4, 0.5) is 10.5 Å². The lowest BCUT2D eigenvalue weighted by Crippen LogP contribution is -2.35. The molecular weight excluding hydrogens is 332 g/mol. The average Bonchev–Trinajstić information content (AvgIpc) is 3.03. The number of benzene rings is 2. The number of hydrogen-bond donors (Lipinski definition) is 1. The number of nitrogens with zero attached hydrogens (tertiary/aromatic N) is 1. The first-order valence-electron chi connectivity index (χ1n) is 8.67. The molecule has 2 amide bonds. The van der Waals surface area contributed by atoms with E-state index in [4.69, 9.17) is 9.47 Å². The molecule has 6 heteroatoms. The summed E-state index contributed by atoms with van der Waals surface area (Å²) in [6, 6.07) is 16.8. The first kappa shape index (κ1) is 17.8. The van der Waals surface area contributed by atoms with Crippen molar-refractivity contribution < 1.29 is 19.1 Å². The van der Waals surface area contributed by atoms with Crippen molar-refractivity contribution in [2.75, 3.05) is 24.6 Å². The average molecular weight is 354 g/mol. The highest BCUT2D eigenvalue weighted by atomic mass is 16.6. The van der Waals surface area contributed by atoms with Crippen LogP contribution in [0, 0.1) is 0 Å². The highest BCUT2D eigenvalue weighted by Crippen LogP contribution is 2.20. The van der Waals surface area contributed by atoms with Crippen LogP contribution in [0.25, 0.3) is 0 Å². The Hall–Kier alpha value is -3.02. The number of nitrogens with one attached hydrogen (secondary N) is 1. The van der Waals surface area contributed by atoms with Crippen molar-refractivity contribution in [1.82, 2.24) is 5.32 Å². The van der Waals surface area contributed by atoms with E-state index in [1.54, 1.807) is 4.90 Å². The van der Waals surface area contributed by atoms with E-state index in [1.165, 1.54) is 0 Å². The van der Waals surface area contributed by atoms with Gasteiger partial charge in [-0.15, -0.1) is 0 Å². The van der Waals surface area contributed by atoms with Crippen LogP contribution < -0.4 is 15.0 Å². The van der Waals surface area contributed by atoms with E-state index in [2.05, 4.69) is 5.32 Å². The summed E-state index contributed by atoms with van der Waals surface area (Å²) in [5, 5.41) is 2.83. The highest BCUT2D eigenvalue weighted by Gasteiger charge is 2.32. The molecule has 2 aromatic rings. The van der Waals surface area contributed by atoms with E-state index < -0.39 is 0 Å². The second-order valence-corrected chi connectivity index (χ2v) is 6.01. The lowest BCUT2D eigenvalue weighted by molar-refractivity contribution is -0.120. The number of carbonyl (C=O) groups is 2. The fourth-order valence-electron chi connectivity index (χ4n) is 2.79. The molecule has 1 unspecified atom stereocenters. The van der Waals surface area contributed by atoms with Crippen LogP contribution >= 0.6 is 0 Å². The van der Waals surface area contributed by atoms with Crippen LogP contribution in [0.1, 0.15) is 12.5 Å². The Morgan fingerprint density at radius 2 is 1.92 bits per heavy atom. The number of ether oxygens (including phenoxy) is 2. The standard InChI is InChI=1S/C20H22N2O4/c1-2-25-17-10-8-15(9-11-17)12-19(23)21-13-18-14-22(20(24)26-18)16-6-4-3-5-7-16/h3-11,18H,2,12-14H2,1H3,(H,21,23). The molecular formula is C20H22N2O4. The van der Waals surface area contributed by atoms with Crippen molar-refractivity contribution in [1.29, 1.82) is 0 Å². The third kappa shape index (κ3) is 4.53. The predicted molar refractivity (Wildman–Crippen MR) is 98.4 cm³/mol. The Labute approximate surface area is 152 Å². The molecule has 3 rings (SSSR count). The maximum atomic E-state index is 12.1. The topological polar surface area (TPSA) is 67.9 Å². The molecule has 1 atom stereocenters. The van der Waals surface area contributed by atoms with Crippen molar-refractivity contribution in [2.45, 2.75) is 19.4 Å². The molecule has 0 aliphatic carbocycles. The molecule has 0 bridgehead atoms. The molecule has 26 heavy (non-hydrogen) atoms. The fraction of sp³-hybridized carbons (Fsp3) is 0.300. The zero-order chi connectivity index (χ0) is 18.4. The first-order valence-corrected chi connectivity index (χ1v) is 8.67. The molecule has 0 saturated carbocycles. The zero-order valence-corrected chi connectivity index (χ0v) is 14.7. The van der Waals surface area contributed by atoms with E-state index in [1.807, 2.05) is 61.5 Å². The monoisotopic (exact) mass is 354 g/mol. The van der Waals surface area contributed by atoms with Gasteiger partial charge in [0.15, 0.2) is 0 Å². The summed E-state index contributed by atoms with van der Waals surface area (Å²) in [5.74, 6) is 0.680. The SMILES string of the molecule is CCOc1ccc(CC(=O)NCC2CN(c3ccccc3)C(=O)O2)cc1. The second-order valence-electron chi connectivity index (χ2n) is 6.01. The Morgan fingerprint density at radius 1 is 1.19 bits per heavy atom. The molecule has 0 spiro atoms. The zero-order valence-electron chi connectivity index (χ0n) is 14.7. The van der Waals surface area contributed by atoms with E-state index in [-0.39, 0.29) is 24.5 Å². The largest absolute Gasteiger partial charge is 0.494 e. The Morgan fingerprint density at radius 3 is 2.62 bits per heavy atom. The maximum Gasteiger partial charge on any atom is 0.414 e. The van der Waals surface area contributed by atoms with Crippen molar-refractivity contribution in [3.63, 3.8) is 0 Å². The predicted octanol–water partition coefficient (Wildman–Crippen LogP) is 2.77. The molecule has 1 N–H and O–H groups in total. The Balaban J connectivity index is 1.47. The summed E-state index contributed by atoms with van der Waals surface area (Å²) in [6.07, 6.45) is -0.468. The number of carbonyl (C=O) groups excluding carboxylic acids is 2. The van der Waals surface area contributed by atoms with Gasteiger partial charge in [0.1, 0.15) is 11.9 Å². The Kier molecular flexibility index (Phi) is 5.73. The van der Waals surface area contributed by atoms with Crippen LogP contribution in [0.3, 0.4) is 0 Å². The minimum absolute atomic E-state index is 0.108. The van der Waals surface area contributed by atoms with Gasteiger partial charge < -0.3 is 14.8 Å². The molecule has 136 valence electrons. The number of anilines is 1. The molecule has 1 heterocycles. The van der Waals surface area contributed by atoms with E-state index in [9.17, 15) is 9.59 Å². The molecule has 1 saturated heterocycles. The number of amides is 2. The van der Waals surface area contributed by atoms with Gasteiger partial charge in [-0.05, 0) is 36.8 Å². The van der Waals surface area contributed by atoms with Gasteiger partial charge in [0, 0.05) is 5.69 Å². The fourth-order valence-corrected chi connectivity index (χ4v) is 2.79. The number of para-hydroxylation sites is 1. The summed E-state index contributed by atoms with van der Waals surface area (Å²) < 4.78 is 10.7. The van der Waals surface area contributed by atoms with Crippen LogP contribution in [-0.2, 0) is 16.0 Å². The van der Waals surface area contributed by atoms with Gasteiger partial charge >= 0.3 is 6.09 Å². The minimum atomic E-state index is -0.387. The van der Waals surface area contributed by atoms with Crippen LogP contribution in [0.2, 0.25) is 0 Å². The van der Waals surface area contributed by atoms with Gasteiger partial charge in [-0.2, -0.15) is 0 Å². The lowest BCUT2D eigenvalue weighted by atomic mass is 10.1. The van der Waals surface area contributed by atoms with E-state index in [0.29, 0.717) is 19.7 Å². The number of cyclic esters (lactones) is 1. The number of rotatable bonds is 7. The highest BCUT2D eigenvalue weighted by molar-refractivity contribution is 5.89. The van der Waals surface area contributed by atoms with Crippen LogP contribution in [0.15, 0.2) is 54.6 Å². The quantitative estimate of drug-likeness (QED) is 0.830. The smallest absolute Gasteiger partial charge is 0.414 e. The van der Waals surface area contributed by atoms with Crippen molar-refractivity contribution >= 4 is 17.7 Å². The molecule has 1 aliphatic heterocycles. The van der Waals surface area contributed by atoms with Gasteiger partial charge in [0.2, 0.25) is 5.91 Å². The van der Waals surface area contributed by atoms with Crippen molar-refractivity contribution in [3.05, 3.63) is 60.2 Å². The second kappa shape index (κ2) is 8.38. The van der Waals surface area contributed by atoms with Gasteiger partial charge in [0.05, 0.1) is 26.1 Å². The summed E-state index contributed by atoms with van der Waals surface area (Å²) in [5.41, 5.74) is 1.70. The molecule has 6 nitrogen and oxygen atoms in total.